The van der Waals surface area contributed by atoms with E-state index in [0.29, 0.717) is 5.92 Å². The zero-order chi connectivity index (χ0) is 6.97. The monoisotopic (exact) mass is 136 g/mol. The minimum atomic E-state index is 0.317. The Hall–Kier alpha value is -0.590. The first-order valence-corrected chi connectivity index (χ1v) is 4.08. The summed E-state index contributed by atoms with van der Waals surface area (Å²) in [5.74, 6) is 0.317. The summed E-state index contributed by atoms with van der Waals surface area (Å²) in [4.78, 5) is 10.5. The molecule has 0 aromatic heterocycles. The standard InChI is InChI=1S/C9H12O/c10-6-8-5-4-7-2-1-3-9(7)8/h6,8H,1-5H2. The number of rotatable bonds is 1. The third kappa shape index (κ3) is 0.731. The summed E-state index contributed by atoms with van der Waals surface area (Å²) in [6, 6.07) is 0. The molecule has 0 spiro atoms. The quantitative estimate of drug-likeness (QED) is 0.398. The Morgan fingerprint density at radius 1 is 1.30 bits per heavy atom. The fourth-order valence-electron chi connectivity index (χ4n) is 2.22. The van der Waals surface area contributed by atoms with Crippen LogP contribution in [0.4, 0.5) is 0 Å². The minimum Gasteiger partial charge on any atom is -0.303 e. The van der Waals surface area contributed by atoms with Crippen LogP contribution in [0.1, 0.15) is 32.1 Å². The molecular weight excluding hydrogens is 124 g/mol. The summed E-state index contributed by atoms with van der Waals surface area (Å²) >= 11 is 0. The van der Waals surface area contributed by atoms with Gasteiger partial charge in [0.05, 0.1) is 0 Å². The maximum absolute atomic E-state index is 10.5. The van der Waals surface area contributed by atoms with Crippen molar-refractivity contribution in [1.29, 1.82) is 0 Å². The lowest BCUT2D eigenvalue weighted by molar-refractivity contribution is -0.110. The van der Waals surface area contributed by atoms with Gasteiger partial charge in [-0.05, 0) is 32.1 Å². The third-order valence-corrected chi connectivity index (χ3v) is 2.75. The van der Waals surface area contributed by atoms with Crippen LogP contribution < -0.4 is 0 Å². The topological polar surface area (TPSA) is 17.1 Å². The van der Waals surface area contributed by atoms with Crippen molar-refractivity contribution in [2.75, 3.05) is 0 Å². The Bertz CT molecular complexity index is 191. The predicted molar refractivity (Wildman–Crippen MR) is 39.7 cm³/mol. The van der Waals surface area contributed by atoms with Gasteiger partial charge in [-0.3, -0.25) is 0 Å². The van der Waals surface area contributed by atoms with Crippen molar-refractivity contribution in [2.45, 2.75) is 32.1 Å². The van der Waals surface area contributed by atoms with Gasteiger partial charge < -0.3 is 4.79 Å². The molecule has 0 aliphatic heterocycles. The molecule has 2 aliphatic rings. The highest BCUT2D eigenvalue weighted by molar-refractivity contribution is 5.61. The Labute approximate surface area is 61.1 Å². The van der Waals surface area contributed by atoms with Crippen molar-refractivity contribution in [1.82, 2.24) is 0 Å². The average molecular weight is 136 g/mol. The highest BCUT2D eigenvalue weighted by atomic mass is 16.1. The van der Waals surface area contributed by atoms with Gasteiger partial charge in [-0.25, -0.2) is 0 Å². The molecule has 1 nitrogen and oxygen atoms in total. The van der Waals surface area contributed by atoms with Gasteiger partial charge >= 0.3 is 0 Å². The molecule has 2 aliphatic carbocycles. The Morgan fingerprint density at radius 3 is 3.00 bits per heavy atom. The van der Waals surface area contributed by atoms with Crippen LogP contribution in [0.2, 0.25) is 0 Å². The van der Waals surface area contributed by atoms with E-state index in [4.69, 9.17) is 0 Å². The molecule has 0 saturated carbocycles. The molecule has 0 bridgehead atoms. The summed E-state index contributed by atoms with van der Waals surface area (Å²) in [5, 5.41) is 0. The second-order valence-electron chi connectivity index (χ2n) is 3.26. The lowest BCUT2D eigenvalue weighted by Crippen LogP contribution is -1.98. The van der Waals surface area contributed by atoms with Crippen LogP contribution in [0, 0.1) is 5.92 Å². The van der Waals surface area contributed by atoms with E-state index < -0.39 is 0 Å². The number of carbonyl (C=O) groups excluding carboxylic acids is 1. The Kier molecular flexibility index (Phi) is 1.37. The molecule has 0 heterocycles. The summed E-state index contributed by atoms with van der Waals surface area (Å²) in [6.07, 6.45) is 7.23. The fourth-order valence-corrected chi connectivity index (χ4v) is 2.22. The van der Waals surface area contributed by atoms with Crippen molar-refractivity contribution < 1.29 is 4.79 Å². The summed E-state index contributed by atoms with van der Waals surface area (Å²) < 4.78 is 0. The SMILES string of the molecule is O=CC1CCC2=C1CCC2. The molecule has 0 fully saturated rings. The molecule has 54 valence electrons. The molecule has 1 heteroatoms. The highest BCUT2D eigenvalue weighted by Crippen LogP contribution is 2.41. The van der Waals surface area contributed by atoms with Crippen molar-refractivity contribution >= 4 is 6.29 Å². The van der Waals surface area contributed by atoms with Crippen LogP contribution in [0.15, 0.2) is 11.1 Å². The van der Waals surface area contributed by atoms with E-state index in [2.05, 4.69) is 0 Å². The van der Waals surface area contributed by atoms with Crippen LogP contribution in [0.3, 0.4) is 0 Å². The Morgan fingerprint density at radius 2 is 2.20 bits per heavy atom. The van der Waals surface area contributed by atoms with E-state index in [-0.39, 0.29) is 0 Å². The number of allylic oxidation sites excluding steroid dienone is 2. The van der Waals surface area contributed by atoms with Crippen molar-refractivity contribution in [3.05, 3.63) is 11.1 Å². The van der Waals surface area contributed by atoms with Crippen molar-refractivity contribution in [3.63, 3.8) is 0 Å². The Balaban J connectivity index is 2.23. The summed E-state index contributed by atoms with van der Waals surface area (Å²) in [6.45, 7) is 0. The molecular formula is C9H12O. The molecule has 1 atom stereocenters. The lowest BCUT2D eigenvalue weighted by Gasteiger charge is -2.02. The normalized spacial score (nSPS) is 31.0. The van der Waals surface area contributed by atoms with Gasteiger partial charge in [0.1, 0.15) is 6.29 Å². The molecule has 0 saturated heterocycles. The van der Waals surface area contributed by atoms with Gasteiger partial charge in [-0.1, -0.05) is 11.1 Å². The summed E-state index contributed by atoms with van der Waals surface area (Å²) in [5.41, 5.74) is 3.10. The first kappa shape index (κ1) is 6.14. The van der Waals surface area contributed by atoms with E-state index in [0.717, 1.165) is 12.7 Å². The van der Waals surface area contributed by atoms with Crippen LogP contribution in [0.5, 0.6) is 0 Å². The smallest absolute Gasteiger partial charge is 0.127 e. The highest BCUT2D eigenvalue weighted by Gasteiger charge is 2.27. The third-order valence-electron chi connectivity index (χ3n) is 2.75. The second-order valence-corrected chi connectivity index (χ2v) is 3.26. The minimum absolute atomic E-state index is 0.317. The van der Waals surface area contributed by atoms with Crippen molar-refractivity contribution in [3.8, 4) is 0 Å². The lowest BCUT2D eigenvalue weighted by atomic mass is 10.0. The number of aldehydes is 1. The molecule has 0 radical (unpaired) electrons. The number of carbonyl (C=O) groups is 1. The van der Waals surface area contributed by atoms with Gasteiger partial charge in [0.15, 0.2) is 0 Å². The first-order valence-electron chi connectivity index (χ1n) is 4.08. The van der Waals surface area contributed by atoms with Crippen LogP contribution in [-0.4, -0.2) is 6.29 Å². The van der Waals surface area contributed by atoms with Gasteiger partial charge in [-0.15, -0.1) is 0 Å². The molecule has 0 N–H and O–H groups in total. The zero-order valence-corrected chi connectivity index (χ0v) is 6.10. The molecule has 0 amide bonds. The second kappa shape index (κ2) is 2.22. The van der Waals surface area contributed by atoms with Crippen LogP contribution in [0.25, 0.3) is 0 Å². The molecule has 0 aromatic rings. The number of hydrogen-bond donors (Lipinski definition) is 0. The van der Waals surface area contributed by atoms with E-state index >= 15 is 0 Å². The van der Waals surface area contributed by atoms with E-state index in [9.17, 15) is 4.79 Å². The fraction of sp³-hybridized carbons (Fsp3) is 0.667. The van der Waals surface area contributed by atoms with Gasteiger partial charge in [0.2, 0.25) is 0 Å². The average Bonchev–Trinajstić information content (AvgIpc) is 2.44. The van der Waals surface area contributed by atoms with Gasteiger partial charge in [0.25, 0.3) is 0 Å². The van der Waals surface area contributed by atoms with Gasteiger partial charge in [0, 0.05) is 5.92 Å². The van der Waals surface area contributed by atoms with Gasteiger partial charge in [-0.2, -0.15) is 0 Å². The maximum atomic E-state index is 10.5. The zero-order valence-electron chi connectivity index (χ0n) is 6.10. The van der Waals surface area contributed by atoms with Crippen molar-refractivity contribution in [2.24, 2.45) is 5.92 Å². The predicted octanol–water partition coefficient (Wildman–Crippen LogP) is 2.08. The maximum Gasteiger partial charge on any atom is 0.127 e. The van der Waals surface area contributed by atoms with Crippen LogP contribution in [-0.2, 0) is 4.79 Å². The largest absolute Gasteiger partial charge is 0.303 e. The van der Waals surface area contributed by atoms with E-state index in [1.807, 2.05) is 0 Å². The number of hydrogen-bond acceptors (Lipinski definition) is 1. The van der Waals surface area contributed by atoms with E-state index in [1.54, 1.807) is 5.57 Å². The summed E-state index contributed by atoms with van der Waals surface area (Å²) in [7, 11) is 0. The molecule has 1 unspecified atom stereocenters. The molecule has 10 heavy (non-hydrogen) atoms. The van der Waals surface area contributed by atoms with Crippen LogP contribution >= 0.6 is 0 Å². The molecule has 2 rings (SSSR count). The van der Waals surface area contributed by atoms with E-state index in [1.165, 1.54) is 31.3 Å². The molecule has 0 aromatic carbocycles. The first-order chi connectivity index (χ1) is 4.92.